The molecule has 9 aromatic carbocycles. The van der Waals surface area contributed by atoms with Gasteiger partial charge in [-0.25, -0.2) is 4.98 Å². The Bertz CT molecular complexity index is 3330. The predicted molar refractivity (Wildman–Crippen MR) is 241 cm³/mol. The number of benzene rings is 9. The number of nitrogens with zero attached hydrogens (tertiary/aromatic N) is 3. The Labute approximate surface area is 347 Å². The molecule has 2 aliphatic carbocycles. The highest BCUT2D eigenvalue weighted by atomic mass is 16.5. The topological polar surface area (TPSA) is 47.9 Å². The molecule has 0 radical (unpaired) electrons. The Morgan fingerprint density at radius 3 is 1.63 bits per heavy atom. The van der Waals surface area contributed by atoms with E-state index >= 15 is 0 Å². The summed E-state index contributed by atoms with van der Waals surface area (Å²) in [5.74, 6) is 2.28. The summed E-state index contributed by atoms with van der Waals surface area (Å²) in [5, 5.41) is 12.5. The standard InChI is InChI=1S/C56H33N3O/c1-2-13-34(14-3-1)35-25-27-36(28-26-35)53-54(58-59-55(57-53)45-31-30-44-39-16-5-4-15-38(39)42-19-12-20-43(45)52(42)44)37-29-32-51-49(33-37)56(48-23-10-11-24-50(48)60-51)46-21-8-6-17-40(46)41-18-7-9-22-47(41)56/h1-33H. The number of rotatable bonds is 4. The van der Waals surface area contributed by atoms with E-state index in [0.29, 0.717) is 11.5 Å². The highest BCUT2D eigenvalue weighted by Gasteiger charge is 2.51. The Hall–Kier alpha value is -7.95. The minimum absolute atomic E-state index is 0.589. The zero-order valence-electron chi connectivity index (χ0n) is 32.3. The summed E-state index contributed by atoms with van der Waals surface area (Å²) < 4.78 is 6.77. The summed E-state index contributed by atoms with van der Waals surface area (Å²) in [5.41, 5.74) is 18.2. The molecule has 13 rings (SSSR count). The van der Waals surface area contributed by atoms with Gasteiger partial charge in [0.05, 0.1) is 5.41 Å². The van der Waals surface area contributed by atoms with Crippen LogP contribution in [0.25, 0.3) is 89.2 Å². The van der Waals surface area contributed by atoms with Gasteiger partial charge in [0.15, 0.2) is 5.82 Å². The smallest absolute Gasteiger partial charge is 0.182 e. The first-order valence-electron chi connectivity index (χ1n) is 20.4. The van der Waals surface area contributed by atoms with E-state index in [4.69, 9.17) is 19.9 Å². The number of aromatic nitrogens is 3. The first kappa shape index (κ1) is 33.1. The molecule has 0 saturated heterocycles. The lowest BCUT2D eigenvalue weighted by molar-refractivity contribution is 0.436. The Morgan fingerprint density at radius 1 is 0.333 bits per heavy atom. The number of hydrogen-bond donors (Lipinski definition) is 0. The van der Waals surface area contributed by atoms with E-state index in [2.05, 4.69) is 194 Å². The molecule has 0 unspecified atom stereocenters. The lowest BCUT2D eigenvalue weighted by atomic mass is 9.66. The molecule has 60 heavy (non-hydrogen) atoms. The van der Waals surface area contributed by atoms with Gasteiger partial charge in [-0.3, -0.25) is 0 Å². The van der Waals surface area contributed by atoms with Gasteiger partial charge in [-0.2, -0.15) is 0 Å². The maximum atomic E-state index is 6.77. The Morgan fingerprint density at radius 2 is 0.883 bits per heavy atom. The molecule has 3 aliphatic rings. The van der Waals surface area contributed by atoms with Gasteiger partial charge in [0.25, 0.3) is 0 Å². The third-order valence-electron chi connectivity index (χ3n) is 12.9. The maximum Gasteiger partial charge on any atom is 0.182 e. The van der Waals surface area contributed by atoms with Crippen LogP contribution in [0.5, 0.6) is 11.5 Å². The SMILES string of the molecule is c1ccc(-c2ccc(-c3nc(-c4ccc5c6c(cccc46)-c4ccccc4-5)nnc3-c3ccc4c(c3)C3(c5ccccc5O4)c4ccccc4-c4ccccc43)cc2)cc1. The van der Waals surface area contributed by atoms with Crippen LogP contribution in [0.15, 0.2) is 200 Å². The van der Waals surface area contributed by atoms with E-state index in [-0.39, 0.29) is 0 Å². The van der Waals surface area contributed by atoms with Crippen LogP contribution in [0.3, 0.4) is 0 Å². The van der Waals surface area contributed by atoms with Crippen LogP contribution >= 0.6 is 0 Å². The normalized spacial score (nSPS) is 13.3. The molecule has 0 saturated carbocycles. The van der Waals surface area contributed by atoms with Gasteiger partial charge in [0.1, 0.15) is 22.9 Å². The minimum Gasteiger partial charge on any atom is -0.457 e. The van der Waals surface area contributed by atoms with E-state index < -0.39 is 5.41 Å². The van der Waals surface area contributed by atoms with Crippen LogP contribution in [-0.2, 0) is 5.41 Å². The lowest BCUT2D eigenvalue weighted by Crippen LogP contribution is -2.32. The summed E-state index contributed by atoms with van der Waals surface area (Å²) >= 11 is 0. The summed E-state index contributed by atoms with van der Waals surface area (Å²) in [6.45, 7) is 0. The fourth-order valence-corrected chi connectivity index (χ4v) is 10.3. The lowest BCUT2D eigenvalue weighted by Gasteiger charge is -2.39. The third-order valence-corrected chi connectivity index (χ3v) is 12.9. The van der Waals surface area contributed by atoms with Crippen molar-refractivity contribution in [1.29, 1.82) is 0 Å². The molecule has 1 aromatic heterocycles. The molecule has 1 spiro atoms. The van der Waals surface area contributed by atoms with Crippen LogP contribution in [0.4, 0.5) is 0 Å². The summed E-state index contributed by atoms with van der Waals surface area (Å²) in [6, 6.07) is 71.3. The number of para-hydroxylation sites is 1. The minimum atomic E-state index is -0.603. The molecule has 0 fully saturated rings. The fourth-order valence-electron chi connectivity index (χ4n) is 10.3. The first-order chi connectivity index (χ1) is 29.8. The maximum absolute atomic E-state index is 6.77. The van der Waals surface area contributed by atoms with Gasteiger partial charge in [0, 0.05) is 27.8 Å². The molecule has 0 amide bonds. The Balaban J connectivity index is 1.04. The van der Waals surface area contributed by atoms with Gasteiger partial charge in [0.2, 0.25) is 0 Å². The molecule has 278 valence electrons. The van der Waals surface area contributed by atoms with Crippen molar-refractivity contribution in [3.8, 4) is 89.9 Å². The molecule has 2 heterocycles. The van der Waals surface area contributed by atoms with Crippen molar-refractivity contribution in [2.75, 3.05) is 0 Å². The molecule has 4 heteroatoms. The largest absolute Gasteiger partial charge is 0.457 e. The second-order valence-electron chi connectivity index (χ2n) is 15.9. The average Bonchev–Trinajstić information content (AvgIpc) is 3.81. The number of ether oxygens (including phenoxy) is 1. The van der Waals surface area contributed by atoms with E-state index in [1.165, 1.54) is 49.9 Å². The van der Waals surface area contributed by atoms with Crippen LogP contribution in [0.1, 0.15) is 22.3 Å². The summed E-state index contributed by atoms with van der Waals surface area (Å²) in [4.78, 5) is 5.48. The molecule has 4 nitrogen and oxygen atoms in total. The van der Waals surface area contributed by atoms with Crippen molar-refractivity contribution in [2.24, 2.45) is 0 Å². The highest BCUT2D eigenvalue weighted by Crippen LogP contribution is 2.62. The van der Waals surface area contributed by atoms with Gasteiger partial charge >= 0.3 is 0 Å². The highest BCUT2D eigenvalue weighted by molar-refractivity contribution is 6.18. The number of hydrogen-bond acceptors (Lipinski definition) is 4. The third kappa shape index (κ3) is 4.53. The predicted octanol–water partition coefficient (Wildman–Crippen LogP) is 13.8. The first-order valence-corrected chi connectivity index (χ1v) is 20.4. The molecule has 0 N–H and O–H groups in total. The second-order valence-corrected chi connectivity index (χ2v) is 15.9. The quantitative estimate of drug-likeness (QED) is 0.179. The van der Waals surface area contributed by atoms with E-state index in [1.54, 1.807) is 0 Å². The molecular formula is C56H33N3O. The Kier molecular flexibility index (Phi) is 6.90. The van der Waals surface area contributed by atoms with E-state index in [0.717, 1.165) is 61.5 Å². The molecule has 0 bridgehead atoms. The molecule has 10 aromatic rings. The zero-order chi connectivity index (χ0) is 39.4. The van der Waals surface area contributed by atoms with Crippen molar-refractivity contribution in [2.45, 2.75) is 5.41 Å². The van der Waals surface area contributed by atoms with Gasteiger partial charge in [-0.1, -0.05) is 170 Å². The second kappa shape index (κ2) is 12.5. The zero-order valence-corrected chi connectivity index (χ0v) is 32.3. The van der Waals surface area contributed by atoms with Crippen LogP contribution in [0.2, 0.25) is 0 Å². The number of fused-ring (bicyclic) bond motifs is 12. The average molecular weight is 764 g/mol. The van der Waals surface area contributed by atoms with E-state index in [1.807, 2.05) is 6.07 Å². The van der Waals surface area contributed by atoms with Gasteiger partial charge in [-0.05, 0) is 96.7 Å². The van der Waals surface area contributed by atoms with Crippen LogP contribution in [0, 0.1) is 0 Å². The van der Waals surface area contributed by atoms with Crippen molar-refractivity contribution in [3.05, 3.63) is 222 Å². The van der Waals surface area contributed by atoms with Gasteiger partial charge < -0.3 is 4.74 Å². The van der Waals surface area contributed by atoms with Crippen LogP contribution in [-0.4, -0.2) is 15.2 Å². The van der Waals surface area contributed by atoms with Crippen LogP contribution < -0.4 is 4.74 Å². The van der Waals surface area contributed by atoms with Crippen molar-refractivity contribution >= 4 is 10.8 Å². The van der Waals surface area contributed by atoms with Gasteiger partial charge in [-0.15, -0.1) is 10.2 Å². The summed E-state index contributed by atoms with van der Waals surface area (Å²) in [7, 11) is 0. The summed E-state index contributed by atoms with van der Waals surface area (Å²) in [6.07, 6.45) is 0. The fraction of sp³-hybridized carbons (Fsp3) is 0.0179. The van der Waals surface area contributed by atoms with E-state index in [9.17, 15) is 0 Å². The monoisotopic (exact) mass is 763 g/mol. The van der Waals surface area contributed by atoms with Crippen molar-refractivity contribution in [1.82, 2.24) is 15.2 Å². The molecular weight excluding hydrogens is 731 g/mol. The van der Waals surface area contributed by atoms with Crippen molar-refractivity contribution in [3.63, 3.8) is 0 Å². The molecule has 1 aliphatic heterocycles. The van der Waals surface area contributed by atoms with Crippen molar-refractivity contribution < 1.29 is 4.74 Å². The molecule has 0 atom stereocenters.